The normalized spacial score (nSPS) is 22.5. The zero-order chi connectivity index (χ0) is 22.1. The molecule has 2 aromatic rings. The Kier molecular flexibility index (Phi) is 6.36. The molecule has 2 heterocycles. The Hall–Kier alpha value is -2.35. The topological polar surface area (TPSA) is 58.4 Å². The first-order valence-electron chi connectivity index (χ1n) is 11.0. The molecule has 1 aliphatic carbocycles. The molecular weight excluding hydrogens is 407 g/mol. The maximum Gasteiger partial charge on any atom is 0.279 e. The van der Waals surface area contributed by atoms with E-state index in [0.717, 1.165) is 31.4 Å². The smallest absolute Gasteiger partial charge is 0.279 e. The lowest BCUT2D eigenvalue weighted by Crippen LogP contribution is -2.60. The maximum atomic E-state index is 15.1. The lowest BCUT2D eigenvalue weighted by atomic mass is 9.92. The molecule has 1 amide bonds. The molecule has 8 heteroatoms. The largest absolute Gasteiger partial charge is 0.352 e. The van der Waals surface area contributed by atoms with Crippen LogP contribution in [0.3, 0.4) is 0 Å². The molecule has 1 saturated heterocycles. The number of carbonyl (C=O) groups is 1. The minimum atomic E-state index is -1.02. The lowest BCUT2D eigenvalue weighted by molar-refractivity contribution is 0.0495. The molecule has 0 radical (unpaired) electrons. The van der Waals surface area contributed by atoms with E-state index in [1.807, 2.05) is 0 Å². The van der Waals surface area contributed by atoms with E-state index in [1.165, 1.54) is 12.8 Å². The molecule has 0 bridgehead atoms. The van der Waals surface area contributed by atoms with Gasteiger partial charge in [0.25, 0.3) is 5.91 Å². The lowest BCUT2D eigenvalue weighted by Gasteiger charge is -2.42. The molecule has 31 heavy (non-hydrogen) atoms. The molecule has 2 atom stereocenters. The summed E-state index contributed by atoms with van der Waals surface area (Å²) in [6.45, 7) is 5.28. The Morgan fingerprint density at radius 1 is 1.26 bits per heavy atom. The number of benzene rings is 1. The monoisotopic (exact) mass is 435 g/mol. The summed E-state index contributed by atoms with van der Waals surface area (Å²) >= 11 is 0. The van der Waals surface area contributed by atoms with Crippen LogP contribution < -0.4 is 5.32 Å². The molecule has 1 N–H and O–H groups in total. The quantitative estimate of drug-likeness (QED) is 0.735. The molecule has 5 nitrogen and oxygen atoms in total. The van der Waals surface area contributed by atoms with Crippen LogP contribution in [0.15, 0.2) is 22.7 Å². The van der Waals surface area contributed by atoms with Crippen LogP contribution in [-0.4, -0.2) is 41.1 Å². The third kappa shape index (κ3) is 4.49. The molecule has 2 fully saturated rings. The Morgan fingerprint density at radius 3 is 2.68 bits per heavy atom. The van der Waals surface area contributed by atoms with Gasteiger partial charge in [-0.05, 0) is 43.2 Å². The second kappa shape index (κ2) is 9.02. The van der Waals surface area contributed by atoms with Gasteiger partial charge in [0.15, 0.2) is 0 Å². The van der Waals surface area contributed by atoms with Gasteiger partial charge in [-0.25, -0.2) is 8.78 Å². The molecular formula is C23H28F3N3O2. The van der Waals surface area contributed by atoms with Crippen molar-refractivity contribution in [1.82, 2.24) is 15.4 Å². The number of nitrogens with zero attached hydrogens (tertiary/aromatic N) is 2. The van der Waals surface area contributed by atoms with Crippen molar-refractivity contribution in [3.8, 4) is 11.3 Å². The number of rotatable bonds is 5. The SMILES string of the molecule is CC(C)C[C@H]1CN[C@@H](C2CCCC2)CN1C(=O)c1noc(-c2ccc(F)cc2F)c1F. The standard InChI is InChI=1S/C23H28F3N3O2/c1-13(2)9-16-11-27-19(14-5-3-4-6-14)12-29(16)23(30)21-20(26)22(31-28-21)17-8-7-15(24)10-18(17)25/h7-8,10,13-14,16,19,27H,3-6,9,11-12H2,1-2H3/t16-,19+/m0/s1. The average Bonchev–Trinajstić information content (AvgIpc) is 3.38. The van der Waals surface area contributed by atoms with Crippen molar-refractivity contribution >= 4 is 5.91 Å². The number of carbonyl (C=O) groups excluding carboxylic acids is 1. The third-order valence-corrected chi connectivity index (χ3v) is 6.44. The van der Waals surface area contributed by atoms with E-state index < -0.39 is 34.8 Å². The number of halogens is 3. The van der Waals surface area contributed by atoms with Crippen LogP contribution in [0.2, 0.25) is 0 Å². The average molecular weight is 435 g/mol. The summed E-state index contributed by atoms with van der Waals surface area (Å²) in [5.41, 5.74) is -0.729. The molecule has 4 rings (SSSR count). The van der Waals surface area contributed by atoms with Crippen LogP contribution in [0, 0.1) is 29.3 Å². The fourth-order valence-electron chi connectivity index (χ4n) is 4.89. The predicted molar refractivity (Wildman–Crippen MR) is 110 cm³/mol. The summed E-state index contributed by atoms with van der Waals surface area (Å²) < 4.78 is 47.4. The third-order valence-electron chi connectivity index (χ3n) is 6.44. The van der Waals surface area contributed by atoms with Gasteiger partial charge in [-0.1, -0.05) is 31.8 Å². The minimum absolute atomic E-state index is 0.0905. The molecule has 1 aromatic carbocycles. The van der Waals surface area contributed by atoms with Gasteiger partial charge in [0.2, 0.25) is 17.3 Å². The maximum absolute atomic E-state index is 15.1. The first kappa shape index (κ1) is 21.9. The Balaban J connectivity index is 1.61. The summed E-state index contributed by atoms with van der Waals surface area (Å²) in [5.74, 6) is -2.97. The van der Waals surface area contributed by atoms with Crippen LogP contribution >= 0.6 is 0 Å². The first-order chi connectivity index (χ1) is 14.8. The zero-order valence-electron chi connectivity index (χ0n) is 17.8. The van der Waals surface area contributed by atoms with Gasteiger partial charge in [-0.2, -0.15) is 4.39 Å². The van der Waals surface area contributed by atoms with Gasteiger partial charge < -0.3 is 14.7 Å². The molecule has 1 saturated carbocycles. The second-order valence-electron chi connectivity index (χ2n) is 9.10. The van der Waals surface area contributed by atoms with Crippen molar-refractivity contribution in [3.05, 3.63) is 41.3 Å². The summed E-state index contributed by atoms with van der Waals surface area (Å²) in [6, 6.07) is 2.79. The number of hydrogen-bond acceptors (Lipinski definition) is 4. The summed E-state index contributed by atoms with van der Waals surface area (Å²) in [5, 5.41) is 7.24. The molecule has 0 unspecified atom stereocenters. The van der Waals surface area contributed by atoms with Crippen LogP contribution in [0.1, 0.15) is 56.4 Å². The zero-order valence-corrected chi connectivity index (χ0v) is 17.8. The van der Waals surface area contributed by atoms with E-state index in [1.54, 1.807) is 4.90 Å². The molecule has 1 aliphatic heterocycles. The fraction of sp³-hybridized carbons (Fsp3) is 0.565. The van der Waals surface area contributed by atoms with E-state index in [9.17, 15) is 13.6 Å². The van der Waals surface area contributed by atoms with Gasteiger partial charge in [-0.3, -0.25) is 4.79 Å². The Morgan fingerprint density at radius 2 is 2.00 bits per heavy atom. The van der Waals surface area contributed by atoms with E-state index in [-0.39, 0.29) is 17.6 Å². The van der Waals surface area contributed by atoms with Gasteiger partial charge in [-0.15, -0.1) is 0 Å². The van der Waals surface area contributed by atoms with Crippen LogP contribution in [-0.2, 0) is 0 Å². The van der Waals surface area contributed by atoms with Crippen molar-refractivity contribution < 1.29 is 22.5 Å². The Labute approximate surface area is 180 Å². The van der Waals surface area contributed by atoms with Gasteiger partial charge in [0, 0.05) is 31.2 Å². The van der Waals surface area contributed by atoms with E-state index in [0.29, 0.717) is 31.0 Å². The van der Waals surface area contributed by atoms with Crippen molar-refractivity contribution in [2.24, 2.45) is 11.8 Å². The summed E-state index contributed by atoms with van der Waals surface area (Å²) in [6.07, 6.45) is 5.41. The van der Waals surface area contributed by atoms with Crippen LogP contribution in [0.25, 0.3) is 11.3 Å². The number of hydrogen-bond donors (Lipinski definition) is 1. The highest BCUT2D eigenvalue weighted by Gasteiger charge is 2.38. The van der Waals surface area contributed by atoms with E-state index in [4.69, 9.17) is 4.52 Å². The fourth-order valence-corrected chi connectivity index (χ4v) is 4.89. The highest BCUT2D eigenvalue weighted by Crippen LogP contribution is 2.32. The minimum Gasteiger partial charge on any atom is -0.352 e. The van der Waals surface area contributed by atoms with Crippen molar-refractivity contribution in [1.29, 1.82) is 0 Å². The van der Waals surface area contributed by atoms with Crippen molar-refractivity contribution in [3.63, 3.8) is 0 Å². The molecule has 168 valence electrons. The Bertz CT molecular complexity index is 940. The highest BCUT2D eigenvalue weighted by molar-refractivity contribution is 5.94. The van der Waals surface area contributed by atoms with Gasteiger partial charge in [0.05, 0.1) is 5.56 Å². The highest BCUT2D eigenvalue weighted by atomic mass is 19.1. The number of aromatic nitrogens is 1. The summed E-state index contributed by atoms with van der Waals surface area (Å²) in [7, 11) is 0. The van der Waals surface area contributed by atoms with Crippen molar-refractivity contribution in [2.45, 2.75) is 58.0 Å². The second-order valence-corrected chi connectivity index (χ2v) is 9.10. The van der Waals surface area contributed by atoms with Crippen LogP contribution in [0.5, 0.6) is 0 Å². The molecule has 1 aromatic heterocycles. The first-order valence-corrected chi connectivity index (χ1v) is 11.0. The summed E-state index contributed by atoms with van der Waals surface area (Å²) in [4.78, 5) is 15.0. The number of nitrogens with one attached hydrogen (secondary N) is 1. The number of amides is 1. The van der Waals surface area contributed by atoms with E-state index >= 15 is 4.39 Å². The number of piperazine rings is 1. The van der Waals surface area contributed by atoms with Crippen molar-refractivity contribution in [2.75, 3.05) is 13.1 Å². The molecule has 2 aliphatic rings. The predicted octanol–water partition coefficient (Wildman–Crippen LogP) is 4.78. The van der Waals surface area contributed by atoms with Gasteiger partial charge in [0.1, 0.15) is 11.6 Å². The van der Waals surface area contributed by atoms with Crippen LogP contribution in [0.4, 0.5) is 13.2 Å². The van der Waals surface area contributed by atoms with Gasteiger partial charge >= 0.3 is 0 Å². The molecule has 0 spiro atoms. The van der Waals surface area contributed by atoms with E-state index in [2.05, 4.69) is 24.3 Å².